The Morgan fingerprint density at radius 1 is 0.759 bits per heavy atom. The number of nitrogens with two attached hydrogens (primary N) is 1. The molecule has 0 aliphatic carbocycles. The normalized spacial score (nSPS) is 13.3. The van der Waals surface area contributed by atoms with Gasteiger partial charge in [0, 0.05) is 17.9 Å². The first kappa shape index (κ1) is 21.1. The van der Waals surface area contributed by atoms with Crippen LogP contribution in [0.2, 0.25) is 0 Å². The van der Waals surface area contributed by atoms with E-state index in [-0.39, 0.29) is 17.8 Å². The predicted octanol–water partition coefficient (Wildman–Crippen LogP) is 5.46. The summed E-state index contributed by atoms with van der Waals surface area (Å²) in [5.74, 6) is 0.909. The maximum Gasteiger partial charge on any atom is 0.123 e. The first-order chi connectivity index (χ1) is 14.0. The average Bonchev–Trinajstić information content (AvgIpc) is 2.73. The second-order valence-corrected chi connectivity index (χ2v) is 7.85. The second kappa shape index (κ2) is 10.2. The Morgan fingerprint density at radius 3 is 1.93 bits per heavy atom. The van der Waals surface area contributed by atoms with Crippen molar-refractivity contribution in [1.82, 2.24) is 0 Å². The van der Waals surface area contributed by atoms with E-state index in [1.165, 1.54) is 11.1 Å². The quantitative estimate of drug-likeness (QED) is 0.514. The topological polar surface area (TPSA) is 25.8 Å². The molecule has 29 heavy (non-hydrogen) atoms. The van der Waals surface area contributed by atoms with Gasteiger partial charge < -0.3 is 10.1 Å². The fourth-order valence-corrected chi connectivity index (χ4v) is 3.68. The maximum absolute atomic E-state index is 13.4. The van der Waals surface area contributed by atoms with E-state index in [1.807, 2.05) is 44.2 Å². The molecule has 0 aromatic heterocycles. The number of benzene rings is 3. The molecule has 152 valence electrons. The van der Waals surface area contributed by atoms with Crippen molar-refractivity contribution in [3.05, 3.63) is 101 Å². The minimum Gasteiger partial charge on any atom is -0.491 e. The van der Waals surface area contributed by atoms with Crippen LogP contribution < -0.4 is 10.1 Å². The van der Waals surface area contributed by atoms with Gasteiger partial charge in [-0.1, -0.05) is 54.6 Å². The number of halogens is 1. The van der Waals surface area contributed by atoms with E-state index in [9.17, 15) is 4.39 Å². The van der Waals surface area contributed by atoms with Crippen molar-refractivity contribution in [1.29, 1.82) is 0 Å². The van der Waals surface area contributed by atoms with Crippen LogP contribution in [0.15, 0.2) is 78.9 Å². The van der Waals surface area contributed by atoms with E-state index in [4.69, 9.17) is 4.74 Å². The summed E-state index contributed by atoms with van der Waals surface area (Å²) in [6, 6.07) is 26.2. The van der Waals surface area contributed by atoms with E-state index in [0.717, 1.165) is 24.3 Å². The predicted molar refractivity (Wildman–Crippen MR) is 117 cm³/mol. The molecule has 0 aliphatic rings. The highest BCUT2D eigenvalue weighted by Crippen LogP contribution is 2.29. The molecular weight excluding hydrogens is 361 g/mol. The lowest BCUT2D eigenvalue weighted by Crippen LogP contribution is -2.84. The van der Waals surface area contributed by atoms with Crippen LogP contribution in [0.3, 0.4) is 0 Å². The number of quaternary nitrogens is 1. The Kier molecular flexibility index (Phi) is 7.42. The molecule has 0 bridgehead atoms. The van der Waals surface area contributed by atoms with Gasteiger partial charge in [-0.05, 0) is 56.2 Å². The zero-order valence-electron chi connectivity index (χ0n) is 17.5. The molecule has 0 fully saturated rings. The largest absolute Gasteiger partial charge is 0.491 e. The molecule has 0 saturated heterocycles. The van der Waals surface area contributed by atoms with Crippen LogP contribution in [0.1, 0.15) is 55.8 Å². The molecule has 0 amide bonds. The van der Waals surface area contributed by atoms with Gasteiger partial charge in [-0.2, -0.15) is 0 Å². The smallest absolute Gasteiger partial charge is 0.123 e. The summed E-state index contributed by atoms with van der Waals surface area (Å²) in [6.07, 6.45) is 1.13. The van der Waals surface area contributed by atoms with Gasteiger partial charge in [-0.3, -0.25) is 0 Å². The third-order valence-corrected chi connectivity index (χ3v) is 5.23. The summed E-state index contributed by atoms with van der Waals surface area (Å²) in [4.78, 5) is 0. The lowest BCUT2D eigenvalue weighted by molar-refractivity contribution is -0.693. The highest BCUT2D eigenvalue weighted by Gasteiger charge is 2.17. The number of hydrogen-bond acceptors (Lipinski definition) is 1. The number of rotatable bonds is 9. The van der Waals surface area contributed by atoms with Crippen LogP contribution in [-0.4, -0.2) is 12.6 Å². The molecule has 0 saturated carbocycles. The molecule has 3 rings (SSSR count). The molecule has 2 N–H and O–H groups in total. The second-order valence-electron chi connectivity index (χ2n) is 7.85. The first-order valence-electron chi connectivity index (χ1n) is 10.4. The van der Waals surface area contributed by atoms with Gasteiger partial charge in [0.2, 0.25) is 0 Å². The van der Waals surface area contributed by atoms with Crippen molar-refractivity contribution >= 4 is 0 Å². The summed E-state index contributed by atoms with van der Waals surface area (Å²) in [6.45, 7) is 7.28. The third-order valence-electron chi connectivity index (χ3n) is 5.23. The van der Waals surface area contributed by atoms with Crippen LogP contribution in [0.25, 0.3) is 0 Å². The van der Waals surface area contributed by atoms with Crippen molar-refractivity contribution in [3.63, 3.8) is 0 Å². The SMILES string of the molecule is CC(C)Oc1ccc([C@@H](CC[NH2+][C@H](C)c2ccccc2)c2ccc(F)cc2)cc1. The molecule has 0 heterocycles. The average molecular weight is 393 g/mol. The Hall–Kier alpha value is -2.65. The van der Waals surface area contributed by atoms with Gasteiger partial charge in [0.25, 0.3) is 0 Å². The summed E-state index contributed by atoms with van der Waals surface area (Å²) < 4.78 is 19.2. The molecule has 0 spiro atoms. The van der Waals surface area contributed by atoms with Crippen LogP contribution in [0.4, 0.5) is 4.39 Å². The number of ether oxygens (including phenoxy) is 1. The molecule has 2 atom stereocenters. The standard InChI is InChI=1S/C26H30FNO/c1-19(2)29-25-15-11-23(12-16-25)26(22-9-13-24(27)14-10-22)17-18-28-20(3)21-7-5-4-6-8-21/h4-16,19-20,26,28H,17-18H2,1-3H3/p+1/t20-,26+/m1/s1. The van der Waals surface area contributed by atoms with Gasteiger partial charge in [-0.15, -0.1) is 0 Å². The molecule has 3 heteroatoms. The zero-order chi connectivity index (χ0) is 20.6. The summed E-state index contributed by atoms with van der Waals surface area (Å²) in [5.41, 5.74) is 3.71. The van der Waals surface area contributed by atoms with Crippen molar-refractivity contribution in [2.45, 2.75) is 45.3 Å². The van der Waals surface area contributed by atoms with Gasteiger partial charge >= 0.3 is 0 Å². The monoisotopic (exact) mass is 392 g/mol. The van der Waals surface area contributed by atoms with Crippen LogP contribution >= 0.6 is 0 Å². The fourth-order valence-electron chi connectivity index (χ4n) is 3.68. The first-order valence-corrected chi connectivity index (χ1v) is 10.4. The van der Waals surface area contributed by atoms with Gasteiger partial charge in [0.15, 0.2) is 0 Å². The third kappa shape index (κ3) is 6.16. The molecule has 2 nitrogen and oxygen atoms in total. The lowest BCUT2D eigenvalue weighted by Gasteiger charge is -2.20. The Balaban J connectivity index is 1.72. The summed E-state index contributed by atoms with van der Waals surface area (Å²) >= 11 is 0. The molecular formula is C26H31FNO+. The van der Waals surface area contributed by atoms with Gasteiger partial charge in [0.05, 0.1) is 12.6 Å². The van der Waals surface area contributed by atoms with E-state index >= 15 is 0 Å². The van der Waals surface area contributed by atoms with Crippen molar-refractivity contribution in [3.8, 4) is 5.75 Å². The van der Waals surface area contributed by atoms with E-state index in [1.54, 1.807) is 12.1 Å². The Labute approximate surface area is 173 Å². The summed E-state index contributed by atoms with van der Waals surface area (Å²) in [5, 5.41) is 2.38. The molecule has 3 aromatic rings. The van der Waals surface area contributed by atoms with Crippen molar-refractivity contribution in [2.24, 2.45) is 0 Å². The molecule has 0 aliphatic heterocycles. The fraction of sp³-hybridized carbons (Fsp3) is 0.308. The van der Waals surface area contributed by atoms with Crippen molar-refractivity contribution in [2.75, 3.05) is 6.54 Å². The molecule has 3 aromatic carbocycles. The molecule has 0 radical (unpaired) electrons. The van der Waals surface area contributed by atoms with E-state index in [2.05, 4.69) is 48.6 Å². The minimum absolute atomic E-state index is 0.155. The van der Waals surface area contributed by atoms with E-state index in [0.29, 0.717) is 6.04 Å². The zero-order valence-corrected chi connectivity index (χ0v) is 17.5. The van der Waals surface area contributed by atoms with Crippen LogP contribution in [0, 0.1) is 5.82 Å². The van der Waals surface area contributed by atoms with Crippen molar-refractivity contribution < 1.29 is 14.4 Å². The number of hydrogen-bond donors (Lipinski definition) is 1. The highest BCUT2D eigenvalue weighted by molar-refractivity contribution is 5.36. The molecule has 0 unspecified atom stereocenters. The van der Waals surface area contributed by atoms with Gasteiger partial charge in [-0.25, -0.2) is 4.39 Å². The Morgan fingerprint density at radius 2 is 1.34 bits per heavy atom. The Bertz CT molecular complexity index is 859. The van der Waals surface area contributed by atoms with E-state index < -0.39 is 0 Å². The van der Waals surface area contributed by atoms with Crippen LogP contribution in [-0.2, 0) is 0 Å². The highest BCUT2D eigenvalue weighted by atomic mass is 19.1. The minimum atomic E-state index is -0.197. The maximum atomic E-state index is 13.4. The van der Waals surface area contributed by atoms with Gasteiger partial charge in [0.1, 0.15) is 17.6 Å². The lowest BCUT2D eigenvalue weighted by atomic mass is 9.88. The summed E-state index contributed by atoms with van der Waals surface area (Å²) in [7, 11) is 0. The van der Waals surface area contributed by atoms with Crippen LogP contribution in [0.5, 0.6) is 5.75 Å².